The summed E-state index contributed by atoms with van der Waals surface area (Å²) in [6.45, 7) is 6.65. The number of hydrogen-bond donors (Lipinski definition) is 1. The molecule has 0 bridgehead atoms. The Morgan fingerprint density at radius 2 is 1.62 bits per heavy atom. The van der Waals surface area contributed by atoms with Crippen molar-refractivity contribution in [2.75, 3.05) is 59.2 Å². The van der Waals surface area contributed by atoms with Gasteiger partial charge in [-0.2, -0.15) is 4.31 Å². The van der Waals surface area contributed by atoms with Gasteiger partial charge in [0.2, 0.25) is 10.0 Å². The fourth-order valence-corrected chi connectivity index (χ4v) is 6.20. The van der Waals surface area contributed by atoms with E-state index in [9.17, 15) is 13.2 Å². The summed E-state index contributed by atoms with van der Waals surface area (Å²) in [5.41, 5.74) is 2.18. The number of amides is 1. The topological polar surface area (TPSA) is 88.2 Å². The highest BCUT2D eigenvalue weighted by Crippen LogP contribution is 2.24. The van der Waals surface area contributed by atoms with E-state index in [0.717, 1.165) is 18.7 Å². The fourth-order valence-electron chi connectivity index (χ4n) is 4.47. The van der Waals surface area contributed by atoms with Crippen LogP contribution in [0.3, 0.4) is 0 Å². The van der Waals surface area contributed by atoms with Crippen LogP contribution in [0.25, 0.3) is 0 Å². The number of hydrogen-bond acceptors (Lipinski definition) is 6. The van der Waals surface area contributed by atoms with Crippen LogP contribution >= 0.6 is 0 Å². The molecule has 0 aromatic heterocycles. The Hall–Kier alpha value is -2.30. The molecular formula is C25H33N3O5S. The van der Waals surface area contributed by atoms with Gasteiger partial charge in [-0.25, -0.2) is 8.42 Å². The molecule has 2 heterocycles. The Balaban J connectivity index is 1.53. The predicted octanol–water partition coefficient (Wildman–Crippen LogP) is 2.07. The lowest BCUT2D eigenvalue weighted by Gasteiger charge is -2.35. The molecule has 2 saturated heterocycles. The highest BCUT2D eigenvalue weighted by Gasteiger charge is 2.29. The third-order valence-corrected chi connectivity index (χ3v) is 8.41. The summed E-state index contributed by atoms with van der Waals surface area (Å²) < 4.78 is 38.9. The monoisotopic (exact) mass is 487 g/mol. The van der Waals surface area contributed by atoms with Crippen molar-refractivity contribution in [2.45, 2.75) is 24.3 Å². The van der Waals surface area contributed by atoms with Gasteiger partial charge in [0, 0.05) is 38.3 Å². The zero-order chi connectivity index (χ0) is 24.0. The summed E-state index contributed by atoms with van der Waals surface area (Å²) >= 11 is 0. The summed E-state index contributed by atoms with van der Waals surface area (Å²) in [5.74, 6) is -0.282. The molecule has 0 aliphatic carbocycles. The highest BCUT2D eigenvalue weighted by molar-refractivity contribution is 7.89. The zero-order valence-corrected chi connectivity index (χ0v) is 20.4. The molecule has 0 radical (unpaired) electrons. The van der Waals surface area contributed by atoms with Crippen LogP contribution in [0.5, 0.6) is 0 Å². The number of nitrogens with one attached hydrogen (secondary N) is 1. The maximum absolute atomic E-state index is 13.3. The smallest absolute Gasteiger partial charge is 0.251 e. The van der Waals surface area contributed by atoms with Crippen molar-refractivity contribution < 1.29 is 22.7 Å². The molecule has 0 saturated carbocycles. The number of ether oxygens (including phenoxy) is 2. The van der Waals surface area contributed by atoms with Gasteiger partial charge >= 0.3 is 0 Å². The number of carbonyl (C=O) groups excluding carboxylic acids is 1. The van der Waals surface area contributed by atoms with E-state index in [2.05, 4.69) is 22.3 Å². The molecular weight excluding hydrogens is 454 g/mol. The molecule has 0 spiro atoms. The van der Waals surface area contributed by atoms with E-state index in [1.807, 2.05) is 25.1 Å². The van der Waals surface area contributed by atoms with E-state index in [0.29, 0.717) is 63.6 Å². The first kappa shape index (κ1) is 24.8. The molecule has 2 aromatic rings. The van der Waals surface area contributed by atoms with Gasteiger partial charge in [-0.1, -0.05) is 43.3 Å². The number of aryl methyl sites for hydroxylation is 1. The van der Waals surface area contributed by atoms with Gasteiger partial charge in [0.05, 0.1) is 37.4 Å². The van der Waals surface area contributed by atoms with Crippen LogP contribution in [0, 0.1) is 0 Å². The Labute approximate surface area is 201 Å². The van der Waals surface area contributed by atoms with E-state index in [1.54, 1.807) is 12.1 Å². The average molecular weight is 488 g/mol. The maximum atomic E-state index is 13.3. The number of rotatable bonds is 8. The van der Waals surface area contributed by atoms with Crippen LogP contribution < -0.4 is 5.32 Å². The average Bonchev–Trinajstić information content (AvgIpc) is 2.90. The molecule has 184 valence electrons. The van der Waals surface area contributed by atoms with E-state index < -0.39 is 10.0 Å². The van der Waals surface area contributed by atoms with E-state index >= 15 is 0 Å². The molecule has 2 fully saturated rings. The largest absolute Gasteiger partial charge is 0.379 e. The lowest BCUT2D eigenvalue weighted by molar-refractivity contribution is 0.0162. The zero-order valence-electron chi connectivity index (χ0n) is 19.6. The Morgan fingerprint density at radius 3 is 2.26 bits per heavy atom. The molecule has 2 aliphatic rings. The second-order valence-corrected chi connectivity index (χ2v) is 10.4. The minimum atomic E-state index is -3.70. The normalized spacial score (nSPS) is 19.0. The molecule has 9 heteroatoms. The lowest BCUT2D eigenvalue weighted by Crippen LogP contribution is -2.44. The summed E-state index contributed by atoms with van der Waals surface area (Å²) in [6.07, 6.45) is 0.563. The van der Waals surface area contributed by atoms with Crippen LogP contribution in [-0.4, -0.2) is 82.7 Å². The number of carbonyl (C=O) groups is 1. The highest BCUT2D eigenvalue weighted by atomic mass is 32.2. The van der Waals surface area contributed by atoms with Crippen LogP contribution in [0.2, 0.25) is 0 Å². The van der Waals surface area contributed by atoms with Gasteiger partial charge in [-0.05, 0) is 29.7 Å². The maximum Gasteiger partial charge on any atom is 0.251 e. The summed E-state index contributed by atoms with van der Waals surface area (Å²) in [4.78, 5) is 15.7. The fraction of sp³-hybridized carbons (Fsp3) is 0.480. The van der Waals surface area contributed by atoms with Gasteiger partial charge in [0.15, 0.2) is 0 Å². The standard InChI is InChI=1S/C25H33N3O5S/c1-2-20-8-9-22(18-24(20)34(30,31)28-12-16-33-17-13-28)25(29)26-19-23(21-6-4-3-5-7-21)27-10-14-32-15-11-27/h3-9,18,23H,2,10-17,19H2,1H3,(H,26,29). The van der Waals surface area contributed by atoms with Crippen LogP contribution in [0.1, 0.15) is 34.5 Å². The van der Waals surface area contributed by atoms with Crippen molar-refractivity contribution in [1.82, 2.24) is 14.5 Å². The molecule has 2 aromatic carbocycles. The van der Waals surface area contributed by atoms with Crippen molar-refractivity contribution in [3.63, 3.8) is 0 Å². The minimum absolute atomic E-state index is 0.0144. The van der Waals surface area contributed by atoms with E-state index in [-0.39, 0.29) is 16.8 Å². The third-order valence-electron chi connectivity index (χ3n) is 6.42. The first-order chi connectivity index (χ1) is 16.5. The van der Waals surface area contributed by atoms with Gasteiger partial charge < -0.3 is 14.8 Å². The van der Waals surface area contributed by atoms with E-state index in [1.165, 1.54) is 10.4 Å². The quantitative estimate of drug-likeness (QED) is 0.613. The summed E-state index contributed by atoms with van der Waals surface area (Å²) in [7, 11) is -3.70. The third kappa shape index (κ3) is 5.67. The Morgan fingerprint density at radius 1 is 0.971 bits per heavy atom. The number of benzene rings is 2. The lowest BCUT2D eigenvalue weighted by atomic mass is 10.0. The van der Waals surface area contributed by atoms with Crippen molar-refractivity contribution in [2.24, 2.45) is 0 Å². The van der Waals surface area contributed by atoms with Crippen LogP contribution in [-0.2, 0) is 25.9 Å². The van der Waals surface area contributed by atoms with Gasteiger partial charge in [-0.15, -0.1) is 0 Å². The number of sulfonamides is 1. The van der Waals surface area contributed by atoms with Crippen molar-refractivity contribution in [1.29, 1.82) is 0 Å². The summed E-state index contributed by atoms with van der Waals surface area (Å²) in [6, 6.07) is 15.1. The predicted molar refractivity (Wildman–Crippen MR) is 129 cm³/mol. The van der Waals surface area contributed by atoms with E-state index in [4.69, 9.17) is 9.47 Å². The van der Waals surface area contributed by atoms with Crippen LogP contribution in [0.15, 0.2) is 53.4 Å². The second-order valence-electron chi connectivity index (χ2n) is 8.48. The Bertz CT molecular complexity index is 1070. The first-order valence-corrected chi connectivity index (χ1v) is 13.3. The number of morpholine rings is 2. The molecule has 34 heavy (non-hydrogen) atoms. The van der Waals surface area contributed by atoms with Crippen LogP contribution in [0.4, 0.5) is 0 Å². The molecule has 8 nitrogen and oxygen atoms in total. The molecule has 1 amide bonds. The SMILES string of the molecule is CCc1ccc(C(=O)NCC(c2ccccc2)N2CCOCC2)cc1S(=O)(=O)N1CCOCC1. The van der Waals surface area contributed by atoms with Gasteiger partial charge in [0.25, 0.3) is 5.91 Å². The molecule has 4 rings (SSSR count). The van der Waals surface area contributed by atoms with Gasteiger partial charge in [0.1, 0.15) is 0 Å². The van der Waals surface area contributed by atoms with Crippen molar-refractivity contribution in [3.05, 3.63) is 65.2 Å². The van der Waals surface area contributed by atoms with Crippen molar-refractivity contribution in [3.8, 4) is 0 Å². The second kappa shape index (κ2) is 11.4. The molecule has 2 aliphatic heterocycles. The van der Waals surface area contributed by atoms with Crippen molar-refractivity contribution >= 4 is 15.9 Å². The van der Waals surface area contributed by atoms with Gasteiger partial charge in [-0.3, -0.25) is 9.69 Å². The number of nitrogens with zero attached hydrogens (tertiary/aromatic N) is 2. The summed E-state index contributed by atoms with van der Waals surface area (Å²) in [5, 5.41) is 3.04. The first-order valence-electron chi connectivity index (χ1n) is 11.9. The minimum Gasteiger partial charge on any atom is -0.379 e. The molecule has 1 unspecified atom stereocenters. The molecule has 1 atom stereocenters. The molecule has 1 N–H and O–H groups in total. The Kier molecular flexibility index (Phi) is 8.33.